The molecule has 5 heteroatoms. The van der Waals surface area contributed by atoms with Gasteiger partial charge < -0.3 is 9.84 Å². The average molecular weight is 206 g/mol. The van der Waals surface area contributed by atoms with Gasteiger partial charge in [-0.05, 0) is 24.3 Å². The van der Waals surface area contributed by atoms with E-state index in [1.54, 1.807) is 12.1 Å². The number of anilines is 1. The van der Waals surface area contributed by atoms with E-state index in [2.05, 4.69) is 10.1 Å². The lowest BCUT2D eigenvalue weighted by Gasteiger charge is -2.04. The van der Waals surface area contributed by atoms with E-state index >= 15 is 0 Å². The maximum absolute atomic E-state index is 11.1. The summed E-state index contributed by atoms with van der Waals surface area (Å²) in [6.45, 7) is 0.0699. The van der Waals surface area contributed by atoms with Crippen molar-refractivity contribution < 1.29 is 14.6 Å². The first-order valence-electron chi connectivity index (χ1n) is 4.32. The van der Waals surface area contributed by atoms with Crippen molar-refractivity contribution in [1.29, 1.82) is 5.26 Å². The van der Waals surface area contributed by atoms with Gasteiger partial charge in [0.2, 0.25) is 0 Å². The summed E-state index contributed by atoms with van der Waals surface area (Å²) in [4.78, 5) is 11.1. The van der Waals surface area contributed by atoms with E-state index in [1.165, 1.54) is 12.1 Å². The molecule has 2 N–H and O–H groups in total. The van der Waals surface area contributed by atoms with Gasteiger partial charge in [-0.2, -0.15) is 5.26 Å². The largest absolute Gasteiger partial charge is 0.508 e. The first-order valence-corrected chi connectivity index (χ1v) is 4.32. The maximum Gasteiger partial charge on any atom is 0.411 e. The van der Waals surface area contributed by atoms with Gasteiger partial charge in [-0.15, -0.1) is 0 Å². The number of nitrogens with one attached hydrogen (secondary N) is 1. The van der Waals surface area contributed by atoms with E-state index in [4.69, 9.17) is 10.4 Å². The Balaban J connectivity index is 2.38. The van der Waals surface area contributed by atoms with Crippen LogP contribution < -0.4 is 5.32 Å². The van der Waals surface area contributed by atoms with E-state index in [0.717, 1.165) is 0 Å². The second-order valence-electron chi connectivity index (χ2n) is 2.72. The van der Waals surface area contributed by atoms with Crippen LogP contribution in [0.2, 0.25) is 0 Å². The van der Waals surface area contributed by atoms with Gasteiger partial charge in [0.15, 0.2) is 0 Å². The summed E-state index contributed by atoms with van der Waals surface area (Å²) in [5, 5.41) is 19.6. The Labute approximate surface area is 86.9 Å². The molecule has 0 unspecified atom stereocenters. The fourth-order valence-corrected chi connectivity index (χ4v) is 0.888. The number of nitrogens with zero attached hydrogens (tertiary/aromatic N) is 1. The number of hydrogen-bond acceptors (Lipinski definition) is 4. The number of hydrogen-bond donors (Lipinski definition) is 2. The molecule has 78 valence electrons. The van der Waals surface area contributed by atoms with Crippen LogP contribution in [0.4, 0.5) is 10.5 Å². The highest BCUT2D eigenvalue weighted by molar-refractivity contribution is 5.84. The smallest absolute Gasteiger partial charge is 0.411 e. The number of phenolic OH excluding ortho intramolecular Hbond substituents is 1. The minimum Gasteiger partial charge on any atom is -0.508 e. The van der Waals surface area contributed by atoms with Gasteiger partial charge in [0.1, 0.15) is 12.4 Å². The van der Waals surface area contributed by atoms with Crippen molar-refractivity contribution in [2.24, 2.45) is 0 Å². The lowest BCUT2D eigenvalue weighted by Crippen LogP contribution is -2.13. The Morgan fingerprint density at radius 2 is 2.13 bits per heavy atom. The summed E-state index contributed by atoms with van der Waals surface area (Å²) < 4.78 is 4.68. The monoisotopic (exact) mass is 206 g/mol. The molecule has 0 saturated carbocycles. The van der Waals surface area contributed by atoms with E-state index in [-0.39, 0.29) is 18.8 Å². The molecule has 0 heterocycles. The van der Waals surface area contributed by atoms with Crippen molar-refractivity contribution in [2.45, 2.75) is 6.42 Å². The Hall–Kier alpha value is -2.22. The van der Waals surface area contributed by atoms with Gasteiger partial charge in [-0.3, -0.25) is 5.32 Å². The molecule has 1 rings (SSSR count). The zero-order valence-corrected chi connectivity index (χ0v) is 7.93. The fraction of sp³-hybridized carbons (Fsp3) is 0.200. The number of rotatable bonds is 3. The summed E-state index contributed by atoms with van der Waals surface area (Å²) in [6.07, 6.45) is -0.445. The number of amides is 1. The van der Waals surface area contributed by atoms with Crippen LogP contribution in [0.3, 0.4) is 0 Å². The van der Waals surface area contributed by atoms with Crippen LogP contribution >= 0.6 is 0 Å². The van der Waals surface area contributed by atoms with Crippen LogP contribution in [0.25, 0.3) is 0 Å². The van der Waals surface area contributed by atoms with Crippen LogP contribution in [0.5, 0.6) is 5.75 Å². The van der Waals surface area contributed by atoms with Gasteiger partial charge >= 0.3 is 6.09 Å². The number of carbonyl (C=O) groups is 1. The van der Waals surface area contributed by atoms with Crippen LogP contribution in [0.1, 0.15) is 6.42 Å². The molecule has 0 radical (unpaired) electrons. The quantitative estimate of drug-likeness (QED) is 0.584. The fourth-order valence-electron chi connectivity index (χ4n) is 0.888. The molecule has 0 aliphatic heterocycles. The normalized spacial score (nSPS) is 9.00. The Bertz CT molecular complexity index is 367. The molecule has 0 aromatic heterocycles. The zero-order valence-electron chi connectivity index (χ0n) is 7.93. The maximum atomic E-state index is 11.1. The summed E-state index contributed by atoms with van der Waals surface area (Å²) in [5.41, 5.74) is 0.523. The number of phenols is 1. The Morgan fingerprint density at radius 3 is 2.73 bits per heavy atom. The highest BCUT2D eigenvalue weighted by Gasteiger charge is 2.01. The molecule has 15 heavy (non-hydrogen) atoms. The van der Waals surface area contributed by atoms with Gasteiger partial charge in [0, 0.05) is 5.69 Å². The molecule has 0 bridgehead atoms. The highest BCUT2D eigenvalue weighted by atomic mass is 16.5. The minimum atomic E-state index is -0.615. The second kappa shape index (κ2) is 5.50. The lowest BCUT2D eigenvalue weighted by atomic mass is 10.3. The van der Waals surface area contributed by atoms with Crippen LogP contribution in [0, 0.1) is 11.3 Å². The third-order valence-electron chi connectivity index (χ3n) is 1.56. The summed E-state index contributed by atoms with van der Waals surface area (Å²) in [7, 11) is 0. The first kappa shape index (κ1) is 10.9. The van der Waals surface area contributed by atoms with E-state index < -0.39 is 6.09 Å². The number of aromatic hydroxyl groups is 1. The van der Waals surface area contributed by atoms with E-state index in [9.17, 15) is 4.79 Å². The minimum absolute atomic E-state index is 0.0699. The van der Waals surface area contributed by atoms with Gasteiger partial charge in [0.25, 0.3) is 0 Å². The van der Waals surface area contributed by atoms with Gasteiger partial charge in [-0.1, -0.05) is 0 Å². The SMILES string of the molecule is N#CCCOC(=O)Nc1ccc(O)cc1. The highest BCUT2D eigenvalue weighted by Crippen LogP contribution is 2.13. The average Bonchev–Trinajstić information content (AvgIpc) is 2.22. The molecule has 0 atom stereocenters. The number of carbonyl (C=O) groups excluding carboxylic acids is 1. The third kappa shape index (κ3) is 4.00. The molecular formula is C10H10N2O3. The van der Waals surface area contributed by atoms with Gasteiger partial charge in [-0.25, -0.2) is 4.79 Å². The molecule has 1 amide bonds. The van der Waals surface area contributed by atoms with E-state index in [1.807, 2.05) is 6.07 Å². The second-order valence-corrected chi connectivity index (χ2v) is 2.72. The summed E-state index contributed by atoms with van der Waals surface area (Å²) in [5.74, 6) is 0.124. The van der Waals surface area contributed by atoms with Crippen molar-refractivity contribution in [1.82, 2.24) is 0 Å². The lowest BCUT2D eigenvalue weighted by molar-refractivity contribution is 0.164. The number of nitriles is 1. The van der Waals surface area contributed by atoms with Crippen molar-refractivity contribution in [2.75, 3.05) is 11.9 Å². The van der Waals surface area contributed by atoms with Crippen molar-refractivity contribution in [3.63, 3.8) is 0 Å². The molecule has 0 aliphatic carbocycles. The molecule has 1 aromatic carbocycles. The van der Waals surface area contributed by atoms with Crippen LogP contribution in [0.15, 0.2) is 24.3 Å². The molecule has 0 spiro atoms. The molecular weight excluding hydrogens is 196 g/mol. The summed E-state index contributed by atoms with van der Waals surface area (Å²) in [6, 6.07) is 7.84. The van der Waals surface area contributed by atoms with Crippen molar-refractivity contribution in [3.8, 4) is 11.8 Å². The first-order chi connectivity index (χ1) is 7.22. The molecule has 0 saturated heterocycles. The number of ether oxygens (including phenoxy) is 1. The van der Waals surface area contributed by atoms with Crippen molar-refractivity contribution in [3.05, 3.63) is 24.3 Å². The van der Waals surface area contributed by atoms with Crippen LogP contribution in [-0.4, -0.2) is 17.8 Å². The zero-order chi connectivity index (χ0) is 11.1. The van der Waals surface area contributed by atoms with E-state index in [0.29, 0.717) is 5.69 Å². The van der Waals surface area contributed by atoms with Gasteiger partial charge in [0.05, 0.1) is 12.5 Å². The van der Waals surface area contributed by atoms with Crippen molar-refractivity contribution >= 4 is 11.8 Å². The Morgan fingerprint density at radius 1 is 1.47 bits per heavy atom. The topological polar surface area (TPSA) is 82.3 Å². The number of benzene rings is 1. The predicted octanol–water partition coefficient (Wildman–Crippen LogP) is 1.85. The standard InChI is InChI=1S/C10H10N2O3/c11-6-1-7-15-10(14)12-8-2-4-9(13)5-3-8/h2-5,13H,1,7H2,(H,12,14). The Kier molecular flexibility index (Phi) is 3.98. The molecule has 0 fully saturated rings. The predicted molar refractivity (Wildman–Crippen MR) is 53.3 cm³/mol. The summed E-state index contributed by atoms with van der Waals surface area (Å²) >= 11 is 0. The van der Waals surface area contributed by atoms with Crippen LogP contribution in [-0.2, 0) is 4.74 Å². The molecule has 1 aromatic rings. The molecule has 0 aliphatic rings. The third-order valence-corrected chi connectivity index (χ3v) is 1.56. The molecule has 5 nitrogen and oxygen atoms in total.